The van der Waals surface area contributed by atoms with E-state index in [-0.39, 0.29) is 36.2 Å². The topological polar surface area (TPSA) is 105 Å². The van der Waals surface area contributed by atoms with Crippen molar-refractivity contribution in [2.75, 3.05) is 0 Å². The van der Waals surface area contributed by atoms with Crippen LogP contribution >= 0.6 is 0 Å². The molecule has 1 fully saturated rings. The minimum absolute atomic E-state index is 0.0360. The number of nitrogens with one attached hydrogen (secondary N) is 2. The van der Waals surface area contributed by atoms with Crippen LogP contribution in [0.2, 0.25) is 0 Å². The number of piperidine rings is 1. The number of carbonyl (C=O) groups is 3. The summed E-state index contributed by atoms with van der Waals surface area (Å²) in [7, 11) is 0. The second-order valence-corrected chi connectivity index (χ2v) is 8.72. The summed E-state index contributed by atoms with van der Waals surface area (Å²) in [5.74, 6) is -0.814. The first-order chi connectivity index (χ1) is 15.4. The number of rotatable bonds is 8. The molecule has 168 valence electrons. The first kappa shape index (κ1) is 22.2. The number of carbonyl (C=O) groups excluding carboxylic acids is 3. The monoisotopic (exact) mass is 434 g/mol. The first-order valence-corrected chi connectivity index (χ1v) is 11.2. The van der Waals surface area contributed by atoms with Crippen molar-refractivity contribution >= 4 is 17.7 Å². The van der Waals surface area contributed by atoms with E-state index in [1.165, 1.54) is 5.56 Å². The molecule has 0 spiro atoms. The smallest absolute Gasteiger partial charge is 0.255 e. The van der Waals surface area contributed by atoms with Crippen LogP contribution in [0, 0.1) is 0 Å². The number of amides is 3. The van der Waals surface area contributed by atoms with Gasteiger partial charge in [0.05, 0.1) is 0 Å². The fourth-order valence-electron chi connectivity index (χ4n) is 4.60. The van der Waals surface area contributed by atoms with Crippen molar-refractivity contribution in [3.63, 3.8) is 0 Å². The van der Waals surface area contributed by atoms with Crippen molar-refractivity contribution < 1.29 is 14.4 Å². The van der Waals surface area contributed by atoms with Gasteiger partial charge in [-0.25, -0.2) is 0 Å². The molecule has 7 heteroatoms. The molecular formula is C25H30N4O3. The molecule has 3 unspecified atom stereocenters. The number of benzene rings is 2. The Balaban J connectivity index is 1.44. The second-order valence-electron chi connectivity index (χ2n) is 8.72. The van der Waals surface area contributed by atoms with Gasteiger partial charge in [-0.05, 0) is 42.9 Å². The summed E-state index contributed by atoms with van der Waals surface area (Å²) in [6, 6.07) is 15.6. The fourth-order valence-corrected chi connectivity index (χ4v) is 4.60. The second kappa shape index (κ2) is 9.63. The van der Waals surface area contributed by atoms with Crippen LogP contribution in [0.25, 0.3) is 0 Å². The number of aryl methyl sites for hydroxylation is 1. The molecule has 4 N–H and O–H groups in total. The lowest BCUT2D eigenvalue weighted by Crippen LogP contribution is -2.52. The molecule has 32 heavy (non-hydrogen) atoms. The Hall–Kier alpha value is -3.03. The van der Waals surface area contributed by atoms with Crippen LogP contribution in [-0.2, 0) is 29.1 Å². The summed E-state index contributed by atoms with van der Waals surface area (Å²) in [4.78, 5) is 38.6. The van der Waals surface area contributed by atoms with Gasteiger partial charge in [0, 0.05) is 37.2 Å². The van der Waals surface area contributed by atoms with E-state index in [1.54, 1.807) is 4.90 Å². The maximum atomic E-state index is 13.2. The average Bonchev–Trinajstić information content (AvgIpc) is 3.11. The zero-order valence-corrected chi connectivity index (χ0v) is 18.3. The number of nitrogens with two attached hydrogens (primary N) is 1. The minimum Gasteiger partial charge on any atom is -0.327 e. The summed E-state index contributed by atoms with van der Waals surface area (Å²) in [5, 5.41) is 5.90. The molecule has 0 saturated carbocycles. The van der Waals surface area contributed by atoms with E-state index in [0.717, 1.165) is 24.0 Å². The highest BCUT2D eigenvalue weighted by Crippen LogP contribution is 2.30. The van der Waals surface area contributed by atoms with Gasteiger partial charge in [0.2, 0.25) is 11.8 Å². The van der Waals surface area contributed by atoms with Crippen LogP contribution in [0.5, 0.6) is 0 Å². The zero-order valence-electron chi connectivity index (χ0n) is 18.3. The van der Waals surface area contributed by atoms with Gasteiger partial charge >= 0.3 is 0 Å². The molecule has 2 aromatic carbocycles. The van der Waals surface area contributed by atoms with Gasteiger partial charge in [0.1, 0.15) is 6.04 Å². The lowest BCUT2D eigenvalue weighted by Gasteiger charge is -2.29. The van der Waals surface area contributed by atoms with Crippen molar-refractivity contribution in [2.45, 2.75) is 63.8 Å². The zero-order chi connectivity index (χ0) is 22.7. The molecule has 7 nitrogen and oxygen atoms in total. The summed E-state index contributed by atoms with van der Waals surface area (Å²) in [6.45, 7) is 2.91. The highest BCUT2D eigenvalue weighted by Gasteiger charge is 2.39. The van der Waals surface area contributed by atoms with E-state index in [4.69, 9.17) is 5.73 Å². The molecule has 2 aliphatic heterocycles. The van der Waals surface area contributed by atoms with E-state index >= 15 is 0 Å². The summed E-state index contributed by atoms with van der Waals surface area (Å²) < 4.78 is 0. The quantitative estimate of drug-likeness (QED) is 0.551. The molecule has 3 atom stereocenters. The predicted octanol–water partition coefficient (Wildman–Crippen LogP) is 1.89. The van der Waals surface area contributed by atoms with Gasteiger partial charge in [-0.3, -0.25) is 19.7 Å². The van der Waals surface area contributed by atoms with Crippen LogP contribution in [-0.4, -0.2) is 40.7 Å². The van der Waals surface area contributed by atoms with Crippen LogP contribution in [0.3, 0.4) is 0 Å². The van der Waals surface area contributed by atoms with Crippen LogP contribution in [0.1, 0.15) is 53.2 Å². The SMILES string of the molecule is CC(N)C(CCc1ccccc1)NCc1cccc2c1C(=O)N(C1CCC(=O)NC1=O)C2. The van der Waals surface area contributed by atoms with E-state index < -0.39 is 6.04 Å². The Morgan fingerprint density at radius 3 is 2.62 bits per heavy atom. The molecule has 0 aliphatic carbocycles. The van der Waals surface area contributed by atoms with Crippen molar-refractivity contribution in [1.29, 1.82) is 0 Å². The molecule has 4 rings (SSSR count). The largest absolute Gasteiger partial charge is 0.327 e. The molecule has 2 aliphatic rings. The van der Waals surface area contributed by atoms with Gasteiger partial charge in [0.15, 0.2) is 0 Å². The molecule has 0 radical (unpaired) electrons. The van der Waals surface area contributed by atoms with E-state index in [0.29, 0.717) is 25.1 Å². The third-order valence-corrected chi connectivity index (χ3v) is 6.42. The highest BCUT2D eigenvalue weighted by atomic mass is 16.2. The molecule has 2 aromatic rings. The normalized spacial score (nSPS) is 20.1. The minimum atomic E-state index is -0.601. The van der Waals surface area contributed by atoms with Crippen molar-refractivity contribution in [1.82, 2.24) is 15.5 Å². The van der Waals surface area contributed by atoms with Crippen molar-refractivity contribution in [3.05, 3.63) is 70.8 Å². The van der Waals surface area contributed by atoms with Gasteiger partial charge in [-0.1, -0.05) is 48.5 Å². The van der Waals surface area contributed by atoms with Gasteiger partial charge in [-0.2, -0.15) is 0 Å². The Morgan fingerprint density at radius 1 is 1.12 bits per heavy atom. The Bertz CT molecular complexity index is 1010. The van der Waals surface area contributed by atoms with Crippen molar-refractivity contribution in [3.8, 4) is 0 Å². The highest BCUT2D eigenvalue weighted by molar-refractivity contribution is 6.05. The lowest BCUT2D eigenvalue weighted by atomic mass is 9.99. The Morgan fingerprint density at radius 2 is 1.91 bits per heavy atom. The number of hydrogen-bond donors (Lipinski definition) is 3. The molecule has 1 saturated heterocycles. The molecule has 0 aromatic heterocycles. The van der Waals surface area contributed by atoms with Crippen LogP contribution in [0.4, 0.5) is 0 Å². The predicted molar refractivity (Wildman–Crippen MR) is 122 cm³/mol. The molecule has 3 amide bonds. The van der Waals surface area contributed by atoms with Crippen LogP contribution < -0.4 is 16.4 Å². The van der Waals surface area contributed by atoms with E-state index in [2.05, 4.69) is 22.8 Å². The molecule has 2 heterocycles. The molecule has 0 bridgehead atoms. The first-order valence-electron chi connectivity index (χ1n) is 11.2. The third kappa shape index (κ3) is 4.74. The average molecular weight is 435 g/mol. The van der Waals surface area contributed by atoms with Gasteiger partial charge in [-0.15, -0.1) is 0 Å². The standard InChI is InChI=1S/C25H30N4O3/c1-16(26)20(11-10-17-6-3-2-4-7-17)27-14-18-8-5-9-19-15-29(25(32)23(18)19)21-12-13-22(30)28-24(21)31/h2-9,16,20-21,27H,10-15,26H2,1H3,(H,28,30,31). The summed E-state index contributed by atoms with van der Waals surface area (Å²) in [5.41, 5.74) is 10.0. The Labute approximate surface area is 188 Å². The third-order valence-electron chi connectivity index (χ3n) is 6.42. The Kier molecular flexibility index (Phi) is 6.67. The lowest BCUT2D eigenvalue weighted by molar-refractivity contribution is -0.136. The maximum Gasteiger partial charge on any atom is 0.255 e. The number of imide groups is 1. The van der Waals surface area contributed by atoms with Crippen molar-refractivity contribution in [2.24, 2.45) is 5.73 Å². The van der Waals surface area contributed by atoms with Crippen LogP contribution in [0.15, 0.2) is 48.5 Å². The maximum absolute atomic E-state index is 13.2. The molecular weight excluding hydrogens is 404 g/mol. The number of fused-ring (bicyclic) bond motifs is 1. The van der Waals surface area contributed by atoms with Gasteiger partial charge < -0.3 is 16.0 Å². The van der Waals surface area contributed by atoms with Gasteiger partial charge in [0.25, 0.3) is 5.91 Å². The summed E-state index contributed by atoms with van der Waals surface area (Å²) in [6.07, 6.45) is 2.44. The number of hydrogen-bond acceptors (Lipinski definition) is 5. The summed E-state index contributed by atoms with van der Waals surface area (Å²) >= 11 is 0. The van der Waals surface area contributed by atoms with E-state index in [9.17, 15) is 14.4 Å². The fraction of sp³-hybridized carbons (Fsp3) is 0.400. The number of nitrogens with zero attached hydrogens (tertiary/aromatic N) is 1. The van der Waals surface area contributed by atoms with E-state index in [1.807, 2.05) is 43.3 Å².